The molecule has 0 unspecified atom stereocenters. The summed E-state index contributed by atoms with van der Waals surface area (Å²) in [5.41, 5.74) is 1.12. The van der Waals surface area contributed by atoms with Gasteiger partial charge in [-0.2, -0.15) is 0 Å². The van der Waals surface area contributed by atoms with Gasteiger partial charge in [-0.15, -0.1) is 0 Å². The van der Waals surface area contributed by atoms with Gasteiger partial charge in [-0.1, -0.05) is 47.4 Å². The molecule has 2 nitrogen and oxygen atoms in total. The summed E-state index contributed by atoms with van der Waals surface area (Å²) in [6.45, 7) is 5.02. The molecule has 0 heterocycles. The summed E-state index contributed by atoms with van der Waals surface area (Å²) >= 11 is 9.36. The van der Waals surface area contributed by atoms with Crippen molar-refractivity contribution in [1.82, 2.24) is 5.32 Å². The minimum absolute atomic E-state index is 0.432. The SMILES string of the molecule is CC(C)NCc1ccc(Br)cc1Oc1ccc(Cl)cc1. The molecule has 0 saturated carbocycles. The van der Waals surface area contributed by atoms with Gasteiger partial charge in [0.1, 0.15) is 11.5 Å². The van der Waals surface area contributed by atoms with E-state index in [1.165, 1.54) is 0 Å². The third-order valence-electron chi connectivity index (χ3n) is 2.77. The molecule has 0 bridgehead atoms. The zero-order valence-electron chi connectivity index (χ0n) is 11.5. The average Bonchev–Trinajstić information content (AvgIpc) is 2.40. The molecule has 0 aromatic heterocycles. The summed E-state index contributed by atoms with van der Waals surface area (Å²) in [7, 11) is 0. The monoisotopic (exact) mass is 353 g/mol. The molecule has 1 N–H and O–H groups in total. The maximum Gasteiger partial charge on any atom is 0.133 e. The van der Waals surface area contributed by atoms with Crippen LogP contribution in [0, 0.1) is 0 Å². The molecule has 2 aromatic carbocycles. The second-order valence-electron chi connectivity index (χ2n) is 4.84. The van der Waals surface area contributed by atoms with Gasteiger partial charge in [0.05, 0.1) is 0 Å². The first kappa shape index (κ1) is 15.4. The second-order valence-corrected chi connectivity index (χ2v) is 6.20. The number of benzene rings is 2. The lowest BCUT2D eigenvalue weighted by Gasteiger charge is -2.14. The zero-order valence-corrected chi connectivity index (χ0v) is 13.8. The van der Waals surface area contributed by atoms with Crippen molar-refractivity contribution in [2.45, 2.75) is 26.4 Å². The highest BCUT2D eigenvalue weighted by atomic mass is 79.9. The van der Waals surface area contributed by atoms with Crippen LogP contribution in [0.3, 0.4) is 0 Å². The first-order chi connectivity index (χ1) is 9.54. The highest BCUT2D eigenvalue weighted by Crippen LogP contribution is 2.29. The summed E-state index contributed by atoms with van der Waals surface area (Å²) in [5, 5.41) is 4.10. The maximum atomic E-state index is 5.95. The smallest absolute Gasteiger partial charge is 0.133 e. The van der Waals surface area contributed by atoms with Gasteiger partial charge >= 0.3 is 0 Å². The first-order valence-electron chi connectivity index (χ1n) is 6.50. The van der Waals surface area contributed by atoms with E-state index in [9.17, 15) is 0 Å². The van der Waals surface area contributed by atoms with Crippen molar-refractivity contribution in [2.75, 3.05) is 0 Å². The molecule has 0 spiro atoms. The van der Waals surface area contributed by atoms with E-state index in [4.69, 9.17) is 16.3 Å². The fraction of sp³-hybridized carbons (Fsp3) is 0.250. The van der Waals surface area contributed by atoms with E-state index in [0.717, 1.165) is 28.1 Å². The van der Waals surface area contributed by atoms with E-state index in [0.29, 0.717) is 11.1 Å². The quantitative estimate of drug-likeness (QED) is 0.777. The fourth-order valence-corrected chi connectivity index (χ4v) is 2.18. The summed E-state index contributed by atoms with van der Waals surface area (Å²) in [6, 6.07) is 13.9. The Balaban J connectivity index is 2.20. The van der Waals surface area contributed by atoms with Gasteiger partial charge < -0.3 is 10.1 Å². The van der Waals surface area contributed by atoms with Crippen LogP contribution in [-0.4, -0.2) is 6.04 Å². The van der Waals surface area contributed by atoms with E-state index >= 15 is 0 Å². The number of nitrogens with one attached hydrogen (secondary N) is 1. The highest BCUT2D eigenvalue weighted by Gasteiger charge is 2.07. The average molecular weight is 355 g/mol. The Morgan fingerprint density at radius 1 is 1.15 bits per heavy atom. The van der Waals surface area contributed by atoms with Crippen LogP contribution in [0.15, 0.2) is 46.9 Å². The molecule has 106 valence electrons. The van der Waals surface area contributed by atoms with Crippen LogP contribution in [-0.2, 0) is 6.54 Å². The molecule has 2 aromatic rings. The van der Waals surface area contributed by atoms with Crippen molar-refractivity contribution in [3.63, 3.8) is 0 Å². The van der Waals surface area contributed by atoms with Gasteiger partial charge in [0.25, 0.3) is 0 Å². The Bertz CT molecular complexity index is 569. The predicted molar refractivity (Wildman–Crippen MR) is 87.6 cm³/mol. The summed E-state index contributed by atoms with van der Waals surface area (Å²) in [5.74, 6) is 1.62. The van der Waals surface area contributed by atoms with Crippen LogP contribution in [0.5, 0.6) is 11.5 Å². The third-order valence-corrected chi connectivity index (χ3v) is 3.52. The molecule has 0 aliphatic carbocycles. The zero-order chi connectivity index (χ0) is 14.5. The molecule has 2 rings (SSSR count). The van der Waals surface area contributed by atoms with Crippen LogP contribution < -0.4 is 10.1 Å². The Labute approximate surface area is 133 Å². The molecule has 0 fully saturated rings. The van der Waals surface area contributed by atoms with Crippen LogP contribution >= 0.6 is 27.5 Å². The molecule has 0 amide bonds. The minimum Gasteiger partial charge on any atom is -0.457 e. The van der Waals surface area contributed by atoms with Crippen LogP contribution in [0.1, 0.15) is 19.4 Å². The van der Waals surface area contributed by atoms with Crippen molar-refractivity contribution >= 4 is 27.5 Å². The van der Waals surface area contributed by atoms with Crippen LogP contribution in [0.25, 0.3) is 0 Å². The van der Waals surface area contributed by atoms with Crippen molar-refractivity contribution in [2.24, 2.45) is 0 Å². The number of halogens is 2. The topological polar surface area (TPSA) is 21.3 Å². The van der Waals surface area contributed by atoms with E-state index in [-0.39, 0.29) is 0 Å². The fourth-order valence-electron chi connectivity index (χ4n) is 1.71. The van der Waals surface area contributed by atoms with Gasteiger partial charge in [-0.25, -0.2) is 0 Å². The summed E-state index contributed by atoms with van der Waals surface area (Å²) in [4.78, 5) is 0. The summed E-state index contributed by atoms with van der Waals surface area (Å²) < 4.78 is 6.94. The number of hydrogen-bond acceptors (Lipinski definition) is 2. The van der Waals surface area contributed by atoms with E-state index in [1.54, 1.807) is 0 Å². The van der Waals surface area contributed by atoms with Gasteiger partial charge in [0.15, 0.2) is 0 Å². The molecule has 20 heavy (non-hydrogen) atoms. The lowest BCUT2D eigenvalue weighted by Crippen LogP contribution is -2.22. The first-order valence-corrected chi connectivity index (χ1v) is 7.67. The van der Waals surface area contributed by atoms with Gasteiger partial charge in [0.2, 0.25) is 0 Å². The Hall–Kier alpha value is -1.03. The van der Waals surface area contributed by atoms with Gasteiger partial charge in [0, 0.05) is 27.6 Å². The van der Waals surface area contributed by atoms with Crippen molar-refractivity contribution in [3.05, 3.63) is 57.5 Å². The second kappa shape index (κ2) is 7.11. The van der Waals surface area contributed by atoms with Gasteiger partial charge in [-0.05, 0) is 36.4 Å². The van der Waals surface area contributed by atoms with E-state index < -0.39 is 0 Å². The van der Waals surface area contributed by atoms with Crippen molar-refractivity contribution in [3.8, 4) is 11.5 Å². The van der Waals surface area contributed by atoms with Gasteiger partial charge in [-0.3, -0.25) is 0 Å². The lowest BCUT2D eigenvalue weighted by molar-refractivity contribution is 0.469. The molecule has 0 aliphatic rings. The maximum absolute atomic E-state index is 5.95. The standard InChI is InChI=1S/C16H17BrClNO/c1-11(2)19-10-12-3-4-13(17)9-16(12)20-15-7-5-14(18)6-8-15/h3-9,11,19H,10H2,1-2H3. The number of hydrogen-bond donors (Lipinski definition) is 1. The molecule has 0 saturated heterocycles. The number of rotatable bonds is 5. The van der Waals surface area contributed by atoms with Crippen LogP contribution in [0.4, 0.5) is 0 Å². The Morgan fingerprint density at radius 3 is 2.50 bits per heavy atom. The molecule has 0 aliphatic heterocycles. The molecule has 0 radical (unpaired) electrons. The summed E-state index contributed by atoms with van der Waals surface area (Å²) in [6.07, 6.45) is 0. The predicted octanol–water partition coefficient (Wildman–Crippen LogP) is 5.39. The van der Waals surface area contributed by atoms with E-state index in [2.05, 4.69) is 41.2 Å². The highest BCUT2D eigenvalue weighted by molar-refractivity contribution is 9.10. The number of ether oxygens (including phenoxy) is 1. The normalized spacial score (nSPS) is 10.8. The molecular weight excluding hydrogens is 338 g/mol. The van der Waals surface area contributed by atoms with E-state index in [1.807, 2.05) is 36.4 Å². The molecule has 0 atom stereocenters. The van der Waals surface area contributed by atoms with Crippen molar-refractivity contribution in [1.29, 1.82) is 0 Å². The Morgan fingerprint density at radius 2 is 1.85 bits per heavy atom. The minimum atomic E-state index is 0.432. The Kier molecular flexibility index (Phi) is 5.46. The van der Waals surface area contributed by atoms with Crippen molar-refractivity contribution < 1.29 is 4.74 Å². The lowest BCUT2D eigenvalue weighted by atomic mass is 10.2. The largest absolute Gasteiger partial charge is 0.457 e. The third kappa shape index (κ3) is 4.51. The molecular formula is C16H17BrClNO. The molecule has 4 heteroatoms. The van der Waals surface area contributed by atoms with Crippen LogP contribution in [0.2, 0.25) is 5.02 Å².